The minimum atomic E-state index is 1.58. The maximum absolute atomic E-state index is 4.89. The average molecular weight is 102 g/mol. The van der Waals surface area contributed by atoms with Crippen LogP contribution in [0.2, 0.25) is 0 Å². The quantitative estimate of drug-likeness (QED) is 0.346. The first-order chi connectivity index (χ1) is 3.91. The Kier molecular flexibility index (Phi) is 4.62. The normalized spacial score (nSPS) is 9.25. The minimum Gasteiger partial charge on any atom is -0.115 e. The van der Waals surface area contributed by atoms with E-state index in [1.807, 2.05) is 0 Å². The van der Waals surface area contributed by atoms with Crippen LogP contribution in [0.15, 0.2) is 24.3 Å². The highest BCUT2D eigenvalue weighted by Gasteiger charge is 1.54. The van der Waals surface area contributed by atoms with Crippen LogP contribution in [0.5, 0.6) is 0 Å². The van der Waals surface area contributed by atoms with E-state index in [2.05, 4.69) is 11.8 Å². The average Bonchev–Trinajstić information content (AvgIpc) is 1.81. The molecule has 0 aliphatic heterocycles. The molecule has 0 heteroatoms. The molecule has 0 nitrogen and oxygen atoms in total. The van der Waals surface area contributed by atoms with Crippen LogP contribution < -0.4 is 0 Å². The summed E-state index contributed by atoms with van der Waals surface area (Å²) in [4.78, 5) is 0. The number of allylic oxidation sites excluding steroid dienone is 4. The third kappa shape index (κ3) is 4.60. The number of hydrogen-bond acceptors (Lipinski definition) is 0. The molecule has 0 unspecified atom stereocenters. The SMILES string of the molecule is C#C/C=C/C=C/C#C. The molecule has 0 aromatic carbocycles. The Morgan fingerprint density at radius 1 is 0.875 bits per heavy atom. The van der Waals surface area contributed by atoms with E-state index in [9.17, 15) is 0 Å². The summed E-state index contributed by atoms with van der Waals surface area (Å²) < 4.78 is 0. The molecule has 0 bridgehead atoms. The fraction of sp³-hybridized carbons (Fsp3) is 0. The van der Waals surface area contributed by atoms with Crippen LogP contribution in [0.1, 0.15) is 0 Å². The summed E-state index contributed by atoms with van der Waals surface area (Å²) in [6, 6.07) is 0. The summed E-state index contributed by atoms with van der Waals surface area (Å²) in [5, 5.41) is 0. The van der Waals surface area contributed by atoms with Crippen molar-refractivity contribution in [1.82, 2.24) is 0 Å². The maximum Gasteiger partial charge on any atom is -0.0121 e. The van der Waals surface area contributed by atoms with E-state index in [1.54, 1.807) is 24.3 Å². The minimum absolute atomic E-state index is 1.58. The van der Waals surface area contributed by atoms with Crippen molar-refractivity contribution >= 4 is 0 Å². The molecule has 0 fully saturated rings. The standard InChI is InChI=1S/C8H6/c1-3-5-7-8-6-4-2/h1-2,5-8H/b7-5+,8-6+. The Morgan fingerprint density at radius 3 is 1.50 bits per heavy atom. The van der Waals surface area contributed by atoms with Crippen LogP contribution in [0, 0.1) is 24.7 Å². The molecular formula is C8H6. The van der Waals surface area contributed by atoms with Gasteiger partial charge >= 0.3 is 0 Å². The van der Waals surface area contributed by atoms with Gasteiger partial charge in [0.25, 0.3) is 0 Å². The first kappa shape index (κ1) is 6.60. The van der Waals surface area contributed by atoms with Crippen molar-refractivity contribution < 1.29 is 0 Å². The fourth-order valence-electron chi connectivity index (χ4n) is 0.222. The Labute approximate surface area is 49.9 Å². The van der Waals surface area contributed by atoms with Gasteiger partial charge in [-0.1, -0.05) is 24.0 Å². The largest absolute Gasteiger partial charge is 0.115 e. The van der Waals surface area contributed by atoms with Crippen molar-refractivity contribution in [3.05, 3.63) is 24.3 Å². The number of hydrogen-bond donors (Lipinski definition) is 0. The second-order valence-corrected chi connectivity index (χ2v) is 1.05. The lowest BCUT2D eigenvalue weighted by Gasteiger charge is -1.63. The van der Waals surface area contributed by atoms with Crippen molar-refractivity contribution in [3.63, 3.8) is 0 Å². The van der Waals surface area contributed by atoms with Crippen LogP contribution >= 0.6 is 0 Å². The smallest absolute Gasteiger partial charge is 0.0121 e. The molecule has 0 aromatic heterocycles. The fourth-order valence-corrected chi connectivity index (χ4v) is 0.222. The molecule has 0 N–H and O–H groups in total. The molecule has 8 heavy (non-hydrogen) atoms. The van der Waals surface area contributed by atoms with Gasteiger partial charge in [-0.05, 0) is 12.2 Å². The highest BCUT2D eigenvalue weighted by Crippen LogP contribution is 1.72. The van der Waals surface area contributed by atoms with Crippen LogP contribution in [0.25, 0.3) is 0 Å². The molecule has 0 aromatic rings. The van der Waals surface area contributed by atoms with E-state index in [-0.39, 0.29) is 0 Å². The van der Waals surface area contributed by atoms with Gasteiger partial charge in [-0.3, -0.25) is 0 Å². The van der Waals surface area contributed by atoms with Gasteiger partial charge in [0.2, 0.25) is 0 Å². The second-order valence-electron chi connectivity index (χ2n) is 1.05. The summed E-state index contributed by atoms with van der Waals surface area (Å²) in [7, 11) is 0. The molecular weight excluding hydrogens is 96.1 g/mol. The van der Waals surface area contributed by atoms with Crippen LogP contribution in [-0.2, 0) is 0 Å². The molecule has 0 saturated heterocycles. The van der Waals surface area contributed by atoms with Gasteiger partial charge in [-0.25, -0.2) is 0 Å². The van der Waals surface area contributed by atoms with Crippen molar-refractivity contribution in [1.29, 1.82) is 0 Å². The van der Waals surface area contributed by atoms with E-state index < -0.39 is 0 Å². The Balaban J connectivity index is 3.51. The van der Waals surface area contributed by atoms with E-state index in [1.165, 1.54) is 0 Å². The number of terminal acetylenes is 2. The Morgan fingerprint density at radius 2 is 1.25 bits per heavy atom. The highest BCUT2D eigenvalue weighted by molar-refractivity contribution is 5.20. The monoisotopic (exact) mass is 102 g/mol. The molecule has 0 spiro atoms. The maximum atomic E-state index is 4.89. The van der Waals surface area contributed by atoms with Crippen LogP contribution in [0.3, 0.4) is 0 Å². The molecule has 0 aliphatic rings. The first-order valence-electron chi connectivity index (χ1n) is 2.15. The summed E-state index contributed by atoms with van der Waals surface area (Å²) in [6.07, 6.45) is 16.3. The third-order valence-electron chi connectivity index (χ3n) is 0.496. The topological polar surface area (TPSA) is 0 Å². The van der Waals surface area contributed by atoms with Crippen LogP contribution in [-0.4, -0.2) is 0 Å². The van der Waals surface area contributed by atoms with Crippen molar-refractivity contribution in [2.45, 2.75) is 0 Å². The summed E-state index contributed by atoms with van der Waals surface area (Å²) in [5.74, 6) is 4.65. The zero-order chi connectivity index (χ0) is 6.24. The molecule has 38 valence electrons. The van der Waals surface area contributed by atoms with Gasteiger partial charge in [0.15, 0.2) is 0 Å². The molecule has 0 rings (SSSR count). The van der Waals surface area contributed by atoms with Gasteiger partial charge in [0.1, 0.15) is 0 Å². The first-order valence-corrected chi connectivity index (χ1v) is 2.15. The van der Waals surface area contributed by atoms with Gasteiger partial charge in [0.05, 0.1) is 0 Å². The summed E-state index contributed by atoms with van der Waals surface area (Å²) >= 11 is 0. The zero-order valence-corrected chi connectivity index (χ0v) is 4.46. The van der Waals surface area contributed by atoms with E-state index in [0.717, 1.165) is 0 Å². The van der Waals surface area contributed by atoms with E-state index in [0.29, 0.717) is 0 Å². The van der Waals surface area contributed by atoms with E-state index >= 15 is 0 Å². The predicted molar refractivity (Wildman–Crippen MR) is 35.9 cm³/mol. The van der Waals surface area contributed by atoms with Crippen molar-refractivity contribution in [3.8, 4) is 24.7 Å². The lowest BCUT2D eigenvalue weighted by molar-refractivity contribution is 1.99. The van der Waals surface area contributed by atoms with Crippen LogP contribution in [0.4, 0.5) is 0 Å². The molecule has 0 amide bonds. The molecule has 0 radical (unpaired) electrons. The number of rotatable bonds is 1. The lowest BCUT2D eigenvalue weighted by Crippen LogP contribution is -1.46. The second kappa shape index (κ2) is 5.60. The van der Waals surface area contributed by atoms with Gasteiger partial charge < -0.3 is 0 Å². The summed E-state index contributed by atoms with van der Waals surface area (Å²) in [5.41, 5.74) is 0. The third-order valence-corrected chi connectivity index (χ3v) is 0.496. The van der Waals surface area contributed by atoms with E-state index in [4.69, 9.17) is 12.8 Å². The highest BCUT2D eigenvalue weighted by atomic mass is 13.6. The molecule has 0 saturated carbocycles. The zero-order valence-electron chi connectivity index (χ0n) is 4.46. The lowest BCUT2D eigenvalue weighted by atomic mass is 10.4. The predicted octanol–water partition coefficient (Wildman–Crippen LogP) is 1.37. The van der Waals surface area contributed by atoms with Gasteiger partial charge in [-0.15, -0.1) is 12.8 Å². The summed E-state index contributed by atoms with van der Waals surface area (Å²) in [6.45, 7) is 0. The van der Waals surface area contributed by atoms with Crippen molar-refractivity contribution in [2.75, 3.05) is 0 Å². The molecule has 0 heterocycles. The van der Waals surface area contributed by atoms with Gasteiger partial charge in [-0.2, -0.15) is 0 Å². The van der Waals surface area contributed by atoms with Crippen molar-refractivity contribution in [2.24, 2.45) is 0 Å². The Bertz CT molecular complexity index is 147. The molecule has 0 atom stereocenters. The Hall–Kier alpha value is -1.40. The molecule has 0 aliphatic carbocycles. The van der Waals surface area contributed by atoms with Gasteiger partial charge in [0, 0.05) is 0 Å².